The van der Waals surface area contributed by atoms with E-state index in [9.17, 15) is 0 Å². The molecule has 0 saturated heterocycles. The van der Waals surface area contributed by atoms with Crippen LogP contribution in [0.15, 0.2) is 30.9 Å². The summed E-state index contributed by atoms with van der Waals surface area (Å²) in [4.78, 5) is 3.93. The van der Waals surface area contributed by atoms with Gasteiger partial charge in [0.05, 0.1) is 5.69 Å². The maximum atomic E-state index is 4.11. The van der Waals surface area contributed by atoms with Crippen molar-refractivity contribution in [2.75, 3.05) is 0 Å². The third-order valence-electron chi connectivity index (χ3n) is 2.04. The fourth-order valence-corrected chi connectivity index (χ4v) is 1.83. The standard InChI is InChI=1S/C10H10BrN3/c1-8-2-3-10(9(4-8)5-11)14-7-12-6-13-14/h2-4,6-7H,5H2,1H3. The molecule has 1 aromatic heterocycles. The lowest BCUT2D eigenvalue weighted by Crippen LogP contribution is -1.99. The second kappa shape index (κ2) is 3.92. The van der Waals surface area contributed by atoms with E-state index in [-0.39, 0.29) is 0 Å². The number of rotatable bonds is 2. The van der Waals surface area contributed by atoms with Crippen LogP contribution >= 0.6 is 15.9 Å². The maximum Gasteiger partial charge on any atom is 0.138 e. The molecule has 1 heterocycles. The fourth-order valence-electron chi connectivity index (χ4n) is 1.38. The molecule has 0 aliphatic rings. The lowest BCUT2D eigenvalue weighted by molar-refractivity contribution is 0.869. The lowest BCUT2D eigenvalue weighted by Gasteiger charge is -2.07. The summed E-state index contributed by atoms with van der Waals surface area (Å²) < 4.78 is 1.77. The molecule has 0 unspecified atom stereocenters. The number of halogens is 1. The van der Waals surface area contributed by atoms with Gasteiger partial charge in [0, 0.05) is 5.33 Å². The molecular formula is C10H10BrN3. The van der Waals surface area contributed by atoms with Gasteiger partial charge in [-0.3, -0.25) is 0 Å². The summed E-state index contributed by atoms with van der Waals surface area (Å²) in [6, 6.07) is 6.27. The molecule has 3 nitrogen and oxygen atoms in total. The summed E-state index contributed by atoms with van der Waals surface area (Å²) in [7, 11) is 0. The van der Waals surface area contributed by atoms with Gasteiger partial charge in [-0.1, -0.05) is 33.6 Å². The van der Waals surface area contributed by atoms with Gasteiger partial charge in [-0.25, -0.2) is 9.67 Å². The Bertz CT molecular complexity index is 423. The Hall–Kier alpha value is -1.16. The molecule has 0 aliphatic carbocycles. The zero-order valence-electron chi connectivity index (χ0n) is 7.81. The summed E-state index contributed by atoms with van der Waals surface area (Å²) in [5.74, 6) is 0. The predicted octanol–water partition coefficient (Wildman–Crippen LogP) is 2.47. The van der Waals surface area contributed by atoms with Gasteiger partial charge in [0.15, 0.2) is 0 Å². The first-order valence-electron chi connectivity index (χ1n) is 4.32. The van der Waals surface area contributed by atoms with Crippen molar-refractivity contribution >= 4 is 15.9 Å². The summed E-state index contributed by atoms with van der Waals surface area (Å²) in [5, 5.41) is 4.93. The molecule has 72 valence electrons. The second-order valence-electron chi connectivity index (χ2n) is 3.11. The van der Waals surface area contributed by atoms with E-state index in [1.54, 1.807) is 11.0 Å². The van der Waals surface area contributed by atoms with Crippen molar-refractivity contribution in [1.82, 2.24) is 14.8 Å². The van der Waals surface area contributed by atoms with Gasteiger partial charge in [0.2, 0.25) is 0 Å². The molecule has 1 aromatic carbocycles. The maximum absolute atomic E-state index is 4.11. The van der Waals surface area contributed by atoms with Crippen LogP contribution in [0.3, 0.4) is 0 Å². The highest BCUT2D eigenvalue weighted by Crippen LogP contribution is 2.17. The van der Waals surface area contributed by atoms with E-state index >= 15 is 0 Å². The van der Waals surface area contributed by atoms with Crippen molar-refractivity contribution in [1.29, 1.82) is 0 Å². The highest BCUT2D eigenvalue weighted by atomic mass is 79.9. The predicted molar refractivity (Wildman–Crippen MR) is 58.7 cm³/mol. The molecule has 0 atom stereocenters. The minimum atomic E-state index is 0.823. The van der Waals surface area contributed by atoms with E-state index in [0.29, 0.717) is 0 Å². The summed E-state index contributed by atoms with van der Waals surface area (Å²) in [5.41, 5.74) is 3.55. The average molecular weight is 252 g/mol. The van der Waals surface area contributed by atoms with Gasteiger partial charge in [-0.05, 0) is 18.6 Å². The van der Waals surface area contributed by atoms with Crippen LogP contribution < -0.4 is 0 Å². The van der Waals surface area contributed by atoms with E-state index in [2.05, 4.69) is 51.1 Å². The normalized spacial score (nSPS) is 10.4. The van der Waals surface area contributed by atoms with Crippen molar-refractivity contribution in [3.63, 3.8) is 0 Å². The monoisotopic (exact) mass is 251 g/mol. The van der Waals surface area contributed by atoms with Gasteiger partial charge < -0.3 is 0 Å². The van der Waals surface area contributed by atoms with E-state index in [1.165, 1.54) is 17.5 Å². The van der Waals surface area contributed by atoms with Crippen LogP contribution in [-0.2, 0) is 5.33 Å². The van der Waals surface area contributed by atoms with E-state index in [0.717, 1.165) is 11.0 Å². The molecule has 0 bridgehead atoms. The quantitative estimate of drug-likeness (QED) is 0.768. The first-order chi connectivity index (χ1) is 6.81. The topological polar surface area (TPSA) is 30.7 Å². The fraction of sp³-hybridized carbons (Fsp3) is 0.200. The number of nitrogens with zero attached hydrogens (tertiary/aromatic N) is 3. The van der Waals surface area contributed by atoms with Gasteiger partial charge >= 0.3 is 0 Å². The Morgan fingerprint density at radius 3 is 2.93 bits per heavy atom. The second-order valence-corrected chi connectivity index (χ2v) is 3.67. The van der Waals surface area contributed by atoms with Crippen molar-refractivity contribution in [2.45, 2.75) is 12.3 Å². The van der Waals surface area contributed by atoms with E-state index in [1.807, 2.05) is 0 Å². The molecule has 0 fully saturated rings. The molecule has 0 saturated carbocycles. The summed E-state index contributed by atoms with van der Waals surface area (Å²) in [6.45, 7) is 2.08. The first kappa shape index (κ1) is 9.40. The van der Waals surface area contributed by atoms with Crippen molar-refractivity contribution < 1.29 is 0 Å². The number of benzene rings is 1. The number of alkyl halides is 1. The molecule has 0 aliphatic heterocycles. The molecule has 0 radical (unpaired) electrons. The third kappa shape index (κ3) is 1.70. The van der Waals surface area contributed by atoms with Crippen LogP contribution in [0.25, 0.3) is 5.69 Å². The zero-order valence-corrected chi connectivity index (χ0v) is 9.40. The summed E-state index contributed by atoms with van der Waals surface area (Å²) >= 11 is 3.47. The highest BCUT2D eigenvalue weighted by molar-refractivity contribution is 9.08. The Morgan fingerprint density at radius 1 is 1.43 bits per heavy atom. The number of aryl methyl sites for hydroxylation is 1. The van der Waals surface area contributed by atoms with Crippen molar-refractivity contribution in [3.05, 3.63) is 42.0 Å². The van der Waals surface area contributed by atoms with Crippen LogP contribution in [0, 0.1) is 6.92 Å². The van der Waals surface area contributed by atoms with Crippen molar-refractivity contribution in [3.8, 4) is 5.69 Å². The Morgan fingerprint density at radius 2 is 2.29 bits per heavy atom. The minimum absolute atomic E-state index is 0.823. The Labute approximate surface area is 90.9 Å². The summed E-state index contributed by atoms with van der Waals surface area (Å²) in [6.07, 6.45) is 3.24. The van der Waals surface area contributed by atoms with Crippen molar-refractivity contribution in [2.24, 2.45) is 0 Å². The molecular weight excluding hydrogens is 242 g/mol. The van der Waals surface area contributed by atoms with Gasteiger partial charge in [0.1, 0.15) is 12.7 Å². The SMILES string of the molecule is Cc1ccc(-n2cncn2)c(CBr)c1. The van der Waals surface area contributed by atoms with E-state index < -0.39 is 0 Å². The minimum Gasteiger partial charge on any atom is -0.223 e. The zero-order chi connectivity index (χ0) is 9.97. The Kier molecular flexibility index (Phi) is 2.63. The largest absolute Gasteiger partial charge is 0.223 e. The van der Waals surface area contributed by atoms with Gasteiger partial charge in [-0.2, -0.15) is 5.10 Å². The molecule has 4 heteroatoms. The third-order valence-corrected chi connectivity index (χ3v) is 2.65. The van der Waals surface area contributed by atoms with Crippen LogP contribution in [0.4, 0.5) is 0 Å². The average Bonchev–Trinajstić information content (AvgIpc) is 2.70. The van der Waals surface area contributed by atoms with E-state index in [4.69, 9.17) is 0 Å². The van der Waals surface area contributed by atoms with Crippen LogP contribution in [0.1, 0.15) is 11.1 Å². The van der Waals surface area contributed by atoms with Gasteiger partial charge in [0.25, 0.3) is 0 Å². The number of hydrogen-bond acceptors (Lipinski definition) is 2. The van der Waals surface area contributed by atoms with Gasteiger partial charge in [-0.15, -0.1) is 0 Å². The number of hydrogen-bond donors (Lipinski definition) is 0. The molecule has 0 spiro atoms. The molecule has 2 aromatic rings. The molecule has 0 N–H and O–H groups in total. The molecule has 2 rings (SSSR count). The first-order valence-corrected chi connectivity index (χ1v) is 5.44. The lowest BCUT2D eigenvalue weighted by atomic mass is 10.1. The highest BCUT2D eigenvalue weighted by Gasteiger charge is 2.03. The Balaban J connectivity index is 2.53. The van der Waals surface area contributed by atoms with Crippen LogP contribution in [0.2, 0.25) is 0 Å². The smallest absolute Gasteiger partial charge is 0.138 e. The number of aromatic nitrogens is 3. The molecule has 14 heavy (non-hydrogen) atoms. The van der Waals surface area contributed by atoms with Crippen LogP contribution in [-0.4, -0.2) is 14.8 Å². The van der Waals surface area contributed by atoms with Crippen LogP contribution in [0.5, 0.6) is 0 Å². The molecule has 0 amide bonds.